The van der Waals surface area contributed by atoms with Crippen LogP contribution in [0.4, 0.5) is 0 Å². The second kappa shape index (κ2) is 4.94. The largest absolute Gasteiger partial charge is 0.465 e. The lowest BCUT2D eigenvalue weighted by atomic mass is 10.7. The number of carbonyl (C=O) groups excluding carboxylic acids is 1. The van der Waals surface area contributed by atoms with Crippen LogP contribution < -0.4 is 4.72 Å². The summed E-state index contributed by atoms with van der Waals surface area (Å²) in [7, 11) is -3.61. The van der Waals surface area contributed by atoms with Gasteiger partial charge in [0.2, 0.25) is 10.0 Å². The minimum atomic E-state index is -3.61. The third-order valence-corrected chi connectivity index (χ3v) is 2.99. The van der Waals surface area contributed by atoms with Crippen molar-refractivity contribution in [1.82, 2.24) is 9.71 Å². The van der Waals surface area contributed by atoms with Gasteiger partial charge >= 0.3 is 5.97 Å². The maximum absolute atomic E-state index is 11.5. The molecule has 0 bridgehead atoms. The summed E-state index contributed by atoms with van der Waals surface area (Å²) < 4.78 is 29.6. The second-order valence-electron chi connectivity index (χ2n) is 2.68. The van der Waals surface area contributed by atoms with Gasteiger partial charge in [-0.2, -0.15) is 4.72 Å². The quantitative estimate of drug-likeness (QED) is 0.691. The van der Waals surface area contributed by atoms with E-state index in [1.807, 2.05) is 0 Å². The molecule has 15 heavy (non-hydrogen) atoms. The van der Waals surface area contributed by atoms with Gasteiger partial charge in [-0.1, -0.05) is 0 Å². The highest BCUT2D eigenvalue weighted by atomic mass is 32.2. The molecule has 0 unspecified atom stereocenters. The van der Waals surface area contributed by atoms with Crippen molar-refractivity contribution in [3.8, 4) is 0 Å². The number of esters is 1. The Morgan fingerprint density at radius 2 is 2.33 bits per heavy atom. The first-order valence-corrected chi connectivity index (χ1v) is 5.82. The van der Waals surface area contributed by atoms with Gasteiger partial charge in [0, 0.05) is 12.4 Å². The van der Waals surface area contributed by atoms with E-state index in [1.54, 1.807) is 6.92 Å². The van der Waals surface area contributed by atoms with Crippen molar-refractivity contribution < 1.29 is 17.9 Å². The predicted octanol–water partition coefficient (Wildman–Crippen LogP) is -0.144. The van der Waals surface area contributed by atoms with Crippen LogP contribution in [0.2, 0.25) is 0 Å². The van der Waals surface area contributed by atoms with Crippen LogP contribution in [0.5, 0.6) is 0 Å². The summed E-state index contributed by atoms with van der Waals surface area (Å²) in [5, 5.41) is 0. The van der Waals surface area contributed by atoms with Crippen LogP contribution in [0.25, 0.3) is 0 Å². The third-order valence-electron chi connectivity index (χ3n) is 1.59. The first kappa shape index (κ1) is 11.7. The summed E-state index contributed by atoms with van der Waals surface area (Å²) in [6, 6.07) is 1.40. The number of sulfonamides is 1. The van der Waals surface area contributed by atoms with E-state index in [0.29, 0.717) is 0 Å². The van der Waals surface area contributed by atoms with E-state index in [1.165, 1.54) is 18.5 Å². The molecular formula is C8H12N2O4S. The normalized spacial score (nSPS) is 11.3. The molecule has 0 spiro atoms. The Kier molecular flexibility index (Phi) is 3.87. The Hall–Kier alpha value is -1.34. The maximum Gasteiger partial charge on any atom is 0.321 e. The number of hydrogen-bond acceptors (Lipinski definition) is 4. The highest BCUT2D eigenvalue weighted by molar-refractivity contribution is 7.89. The lowest BCUT2D eigenvalue weighted by Crippen LogP contribution is -2.30. The topological polar surface area (TPSA) is 88.3 Å². The molecule has 0 amide bonds. The number of H-pyrrole nitrogens is 1. The van der Waals surface area contributed by atoms with Gasteiger partial charge in [0.1, 0.15) is 6.54 Å². The molecule has 0 radical (unpaired) electrons. The lowest BCUT2D eigenvalue weighted by molar-refractivity contribution is -0.141. The number of aromatic amines is 1. The Bertz CT molecular complexity index is 410. The number of hydrogen-bond donors (Lipinski definition) is 2. The Labute approximate surface area is 87.7 Å². The minimum absolute atomic E-state index is 0.0896. The van der Waals surface area contributed by atoms with Crippen molar-refractivity contribution in [2.75, 3.05) is 13.2 Å². The van der Waals surface area contributed by atoms with Crippen LogP contribution in [0, 0.1) is 0 Å². The van der Waals surface area contributed by atoms with Crippen LogP contribution in [0.15, 0.2) is 23.4 Å². The van der Waals surface area contributed by atoms with E-state index >= 15 is 0 Å². The number of ether oxygens (including phenoxy) is 1. The van der Waals surface area contributed by atoms with E-state index in [4.69, 9.17) is 0 Å². The zero-order chi connectivity index (χ0) is 11.3. The molecule has 1 aromatic heterocycles. The smallest absolute Gasteiger partial charge is 0.321 e. The minimum Gasteiger partial charge on any atom is -0.465 e. The van der Waals surface area contributed by atoms with Crippen LogP contribution >= 0.6 is 0 Å². The van der Waals surface area contributed by atoms with Gasteiger partial charge < -0.3 is 9.72 Å². The molecule has 0 saturated carbocycles. The molecule has 0 atom stereocenters. The summed E-state index contributed by atoms with van der Waals surface area (Å²) in [4.78, 5) is 13.6. The van der Waals surface area contributed by atoms with Gasteiger partial charge in [0.05, 0.1) is 11.5 Å². The lowest BCUT2D eigenvalue weighted by Gasteiger charge is -2.04. The van der Waals surface area contributed by atoms with Crippen molar-refractivity contribution in [3.05, 3.63) is 18.5 Å². The summed E-state index contributed by atoms with van der Waals surface area (Å²) in [6.07, 6.45) is 2.81. The van der Waals surface area contributed by atoms with Crippen molar-refractivity contribution in [2.45, 2.75) is 11.8 Å². The first-order chi connectivity index (χ1) is 7.06. The first-order valence-electron chi connectivity index (χ1n) is 4.34. The SMILES string of the molecule is CCOC(=O)CNS(=O)(=O)c1cc[nH]c1. The molecule has 0 saturated heterocycles. The number of aromatic nitrogens is 1. The zero-order valence-corrected chi connectivity index (χ0v) is 9.00. The van der Waals surface area contributed by atoms with Gasteiger partial charge in [-0.25, -0.2) is 8.42 Å². The molecule has 0 aliphatic rings. The molecule has 0 aliphatic carbocycles. The van der Waals surface area contributed by atoms with Gasteiger partial charge in [-0.3, -0.25) is 4.79 Å². The van der Waals surface area contributed by atoms with Crippen molar-refractivity contribution in [3.63, 3.8) is 0 Å². The fourth-order valence-electron chi connectivity index (χ4n) is 0.925. The summed E-state index contributed by atoms with van der Waals surface area (Å²) in [6.45, 7) is 1.52. The monoisotopic (exact) mass is 232 g/mol. The summed E-state index contributed by atoms with van der Waals surface area (Å²) in [5.74, 6) is -0.600. The number of nitrogens with one attached hydrogen (secondary N) is 2. The van der Waals surface area contributed by atoms with E-state index in [0.717, 1.165) is 0 Å². The molecule has 1 heterocycles. The standard InChI is InChI=1S/C8H12N2O4S/c1-2-14-8(11)6-10-15(12,13)7-3-4-9-5-7/h3-5,9-10H,2,6H2,1H3. The number of carbonyl (C=O) groups is 1. The Morgan fingerprint density at radius 3 is 2.87 bits per heavy atom. The molecule has 1 rings (SSSR count). The van der Waals surface area contributed by atoms with Crippen molar-refractivity contribution in [1.29, 1.82) is 0 Å². The Balaban J connectivity index is 2.55. The Morgan fingerprint density at radius 1 is 1.60 bits per heavy atom. The third kappa shape index (κ3) is 3.37. The predicted molar refractivity (Wildman–Crippen MR) is 52.6 cm³/mol. The highest BCUT2D eigenvalue weighted by Gasteiger charge is 2.15. The van der Waals surface area contributed by atoms with Crippen LogP contribution in [-0.4, -0.2) is 32.5 Å². The average Bonchev–Trinajstić information content (AvgIpc) is 2.69. The molecule has 0 fully saturated rings. The highest BCUT2D eigenvalue weighted by Crippen LogP contribution is 2.05. The van der Waals surface area contributed by atoms with Crippen LogP contribution in [0.1, 0.15) is 6.92 Å². The molecule has 0 aliphatic heterocycles. The van der Waals surface area contributed by atoms with Gasteiger partial charge in [-0.15, -0.1) is 0 Å². The van der Waals surface area contributed by atoms with Gasteiger partial charge in [0.15, 0.2) is 0 Å². The average molecular weight is 232 g/mol. The van der Waals surface area contributed by atoms with Gasteiger partial charge in [0.25, 0.3) is 0 Å². The fourth-order valence-corrected chi connectivity index (χ4v) is 1.87. The zero-order valence-electron chi connectivity index (χ0n) is 8.19. The molecule has 1 aromatic rings. The van der Waals surface area contributed by atoms with E-state index in [-0.39, 0.29) is 18.0 Å². The maximum atomic E-state index is 11.5. The van der Waals surface area contributed by atoms with E-state index < -0.39 is 16.0 Å². The molecular weight excluding hydrogens is 220 g/mol. The molecule has 6 nitrogen and oxygen atoms in total. The van der Waals surface area contributed by atoms with E-state index in [2.05, 4.69) is 14.4 Å². The van der Waals surface area contributed by atoms with Crippen molar-refractivity contribution in [2.24, 2.45) is 0 Å². The van der Waals surface area contributed by atoms with Crippen LogP contribution in [-0.2, 0) is 19.6 Å². The summed E-state index contributed by atoms with van der Waals surface area (Å²) >= 11 is 0. The summed E-state index contributed by atoms with van der Waals surface area (Å²) in [5.41, 5.74) is 0. The second-order valence-corrected chi connectivity index (χ2v) is 4.44. The van der Waals surface area contributed by atoms with Crippen molar-refractivity contribution >= 4 is 16.0 Å². The fraction of sp³-hybridized carbons (Fsp3) is 0.375. The van der Waals surface area contributed by atoms with Gasteiger partial charge in [-0.05, 0) is 13.0 Å². The molecule has 7 heteroatoms. The van der Waals surface area contributed by atoms with Crippen LogP contribution in [0.3, 0.4) is 0 Å². The number of rotatable bonds is 5. The molecule has 84 valence electrons. The van der Waals surface area contributed by atoms with E-state index in [9.17, 15) is 13.2 Å². The molecule has 2 N–H and O–H groups in total. The molecule has 0 aromatic carbocycles.